The molecule has 2 N–H and O–H groups in total. The zero-order valence-electron chi connectivity index (χ0n) is 26.7. The molecule has 12 heteroatoms. The number of amides is 3. The predicted molar refractivity (Wildman–Crippen MR) is 180 cm³/mol. The predicted octanol–water partition coefficient (Wildman–Crippen LogP) is 6.00. The number of anilines is 2. The monoisotopic (exact) mass is 651 g/mol. The summed E-state index contributed by atoms with van der Waals surface area (Å²) in [5.41, 5.74) is 4.27. The van der Waals surface area contributed by atoms with E-state index in [-0.39, 0.29) is 24.2 Å². The average Bonchev–Trinajstić information content (AvgIpc) is 3.76. The van der Waals surface area contributed by atoms with Crippen LogP contribution in [0.3, 0.4) is 0 Å². The molecule has 0 spiro atoms. The Kier molecular flexibility index (Phi) is 14.0. The van der Waals surface area contributed by atoms with Crippen molar-refractivity contribution in [2.45, 2.75) is 57.8 Å². The molecule has 2 fully saturated rings. The summed E-state index contributed by atoms with van der Waals surface area (Å²) < 4.78 is 16.7. The van der Waals surface area contributed by atoms with Crippen LogP contribution < -0.4 is 10.6 Å². The van der Waals surface area contributed by atoms with E-state index in [1.807, 2.05) is 56.5 Å². The van der Waals surface area contributed by atoms with Gasteiger partial charge < -0.3 is 29.3 Å². The molecular weight excluding hydrogens is 606 g/mol. The Morgan fingerprint density at radius 3 is 2.54 bits per heavy atom. The second-order valence-electron chi connectivity index (χ2n) is 11.2. The maximum atomic E-state index is 12.7. The number of hydrogen-bond acceptors (Lipinski definition) is 9. The van der Waals surface area contributed by atoms with E-state index in [1.165, 1.54) is 11.3 Å². The molecule has 46 heavy (non-hydrogen) atoms. The van der Waals surface area contributed by atoms with Crippen LogP contribution in [-0.4, -0.2) is 85.2 Å². The second kappa shape index (κ2) is 18.3. The van der Waals surface area contributed by atoms with Crippen molar-refractivity contribution in [3.63, 3.8) is 0 Å². The van der Waals surface area contributed by atoms with Crippen LogP contribution in [0.4, 0.5) is 16.3 Å². The number of aromatic nitrogens is 1. The summed E-state index contributed by atoms with van der Waals surface area (Å²) in [7, 11) is 1.81. The molecule has 3 heterocycles. The molecule has 0 saturated carbocycles. The number of hydrogen-bond donors (Lipinski definition) is 2. The smallest absolute Gasteiger partial charge is 0.413 e. The van der Waals surface area contributed by atoms with Gasteiger partial charge in [-0.1, -0.05) is 43.0 Å². The molecular formula is C34H45N5O6S. The van der Waals surface area contributed by atoms with E-state index in [0.29, 0.717) is 64.2 Å². The van der Waals surface area contributed by atoms with Gasteiger partial charge in [0.2, 0.25) is 11.8 Å². The molecule has 1 aromatic carbocycles. The van der Waals surface area contributed by atoms with E-state index in [1.54, 1.807) is 16.5 Å². The summed E-state index contributed by atoms with van der Waals surface area (Å²) >= 11 is 1.44. The molecule has 0 radical (unpaired) electrons. The van der Waals surface area contributed by atoms with E-state index in [0.717, 1.165) is 41.2 Å². The molecule has 2 aliphatic heterocycles. The van der Waals surface area contributed by atoms with Crippen LogP contribution in [0.25, 0.3) is 5.57 Å². The standard InChI is InChI=1S/C34H45N5O6S/c1-4-8-25(9-5-2)31-32(35-24-46-31)37-34(42)45-28-15-19-39(20-16-28)21-17-30(41)38(3)18-7-6-10-29(40)36-27-13-11-26(12-14-27)33-43-22-23-44-33/h4-5,8-9,11-14,24,28,33H,1,6-7,10,15-23H2,2-3H3,(H,36,40)(H,37,42)/b9-5-,25-8+. The van der Waals surface area contributed by atoms with Gasteiger partial charge in [-0.15, -0.1) is 11.3 Å². The molecule has 0 aliphatic carbocycles. The molecule has 0 atom stereocenters. The third-order valence-electron chi connectivity index (χ3n) is 7.81. The van der Waals surface area contributed by atoms with Crippen molar-refractivity contribution < 1.29 is 28.6 Å². The summed E-state index contributed by atoms with van der Waals surface area (Å²) in [6.07, 6.45) is 10.1. The fourth-order valence-electron chi connectivity index (χ4n) is 5.28. The van der Waals surface area contributed by atoms with Crippen molar-refractivity contribution in [1.29, 1.82) is 0 Å². The Balaban J connectivity index is 1.07. The van der Waals surface area contributed by atoms with Crippen molar-refractivity contribution in [3.05, 3.63) is 71.1 Å². The van der Waals surface area contributed by atoms with Gasteiger partial charge in [-0.25, -0.2) is 9.78 Å². The number of allylic oxidation sites excluding steroid dienone is 5. The zero-order valence-corrected chi connectivity index (χ0v) is 27.6. The number of carbonyl (C=O) groups excluding carboxylic acids is 3. The van der Waals surface area contributed by atoms with Crippen LogP contribution in [0.15, 0.2) is 60.7 Å². The molecule has 2 aliphatic rings. The van der Waals surface area contributed by atoms with Crippen LogP contribution in [-0.2, 0) is 23.8 Å². The van der Waals surface area contributed by atoms with E-state index < -0.39 is 6.09 Å². The van der Waals surface area contributed by atoms with Gasteiger partial charge in [0, 0.05) is 57.3 Å². The van der Waals surface area contributed by atoms with E-state index in [2.05, 4.69) is 27.1 Å². The van der Waals surface area contributed by atoms with Crippen LogP contribution in [0, 0.1) is 0 Å². The van der Waals surface area contributed by atoms with Crippen molar-refractivity contribution in [2.75, 3.05) is 57.1 Å². The summed E-state index contributed by atoms with van der Waals surface area (Å²) in [5.74, 6) is 0.503. The third kappa shape index (κ3) is 10.9. The fraction of sp³-hybridized carbons (Fsp3) is 0.471. The maximum Gasteiger partial charge on any atom is 0.413 e. The summed E-state index contributed by atoms with van der Waals surface area (Å²) in [6, 6.07) is 7.49. The van der Waals surface area contributed by atoms with Crippen molar-refractivity contribution in [3.8, 4) is 0 Å². The number of nitrogens with zero attached hydrogens (tertiary/aromatic N) is 3. The minimum absolute atomic E-state index is 0.0490. The molecule has 11 nitrogen and oxygen atoms in total. The Morgan fingerprint density at radius 1 is 1.11 bits per heavy atom. The largest absolute Gasteiger partial charge is 0.446 e. The lowest BCUT2D eigenvalue weighted by Crippen LogP contribution is -2.40. The molecule has 2 saturated heterocycles. The highest BCUT2D eigenvalue weighted by Crippen LogP contribution is 2.29. The normalized spacial score (nSPS) is 16.4. The first-order valence-electron chi connectivity index (χ1n) is 15.8. The Hall–Kier alpha value is -3.84. The quantitative estimate of drug-likeness (QED) is 0.178. The van der Waals surface area contributed by atoms with Crippen LogP contribution in [0.1, 0.15) is 62.2 Å². The van der Waals surface area contributed by atoms with Crippen molar-refractivity contribution in [2.24, 2.45) is 0 Å². The second-order valence-corrected chi connectivity index (χ2v) is 12.1. The molecule has 0 unspecified atom stereocenters. The zero-order chi connectivity index (χ0) is 32.7. The Bertz CT molecular complexity index is 1360. The molecule has 2 aromatic rings. The first kappa shape index (κ1) is 35.0. The number of piperidine rings is 1. The third-order valence-corrected chi connectivity index (χ3v) is 8.68. The molecule has 0 bridgehead atoms. The average molecular weight is 652 g/mol. The summed E-state index contributed by atoms with van der Waals surface area (Å²) in [5, 5.41) is 5.70. The van der Waals surface area contributed by atoms with Gasteiger partial charge in [-0.3, -0.25) is 14.9 Å². The lowest BCUT2D eigenvalue weighted by molar-refractivity contribution is -0.130. The number of unbranched alkanes of at least 4 members (excludes halogenated alkanes) is 1. The Labute approximate surface area is 275 Å². The number of rotatable bonds is 15. The van der Waals surface area contributed by atoms with Crippen LogP contribution >= 0.6 is 11.3 Å². The van der Waals surface area contributed by atoms with Gasteiger partial charge in [0.25, 0.3) is 0 Å². The van der Waals surface area contributed by atoms with Gasteiger partial charge in [-0.2, -0.15) is 0 Å². The van der Waals surface area contributed by atoms with Gasteiger partial charge in [-0.05, 0) is 50.3 Å². The van der Waals surface area contributed by atoms with Gasteiger partial charge in [0.15, 0.2) is 12.1 Å². The number of likely N-dealkylation sites (tertiary alicyclic amines) is 1. The SMILES string of the molecule is C=C/C=C(\C=C/C)c1scnc1NC(=O)OC1CCN(CCC(=O)N(C)CCCCC(=O)Nc2ccc(C3OCCO3)cc2)CC1. The minimum atomic E-state index is -0.516. The summed E-state index contributed by atoms with van der Waals surface area (Å²) in [4.78, 5) is 46.8. The van der Waals surface area contributed by atoms with Crippen LogP contribution in [0.2, 0.25) is 0 Å². The molecule has 4 rings (SSSR count). The number of ether oxygens (including phenoxy) is 3. The highest BCUT2D eigenvalue weighted by molar-refractivity contribution is 7.11. The maximum absolute atomic E-state index is 12.7. The van der Waals surface area contributed by atoms with Crippen molar-refractivity contribution in [1.82, 2.24) is 14.8 Å². The summed E-state index contributed by atoms with van der Waals surface area (Å²) in [6.45, 7) is 9.64. The van der Waals surface area contributed by atoms with Gasteiger partial charge >= 0.3 is 6.09 Å². The number of nitrogens with one attached hydrogen (secondary N) is 2. The highest BCUT2D eigenvalue weighted by Gasteiger charge is 2.24. The number of carbonyl (C=O) groups is 3. The Morgan fingerprint density at radius 2 is 1.85 bits per heavy atom. The highest BCUT2D eigenvalue weighted by atomic mass is 32.1. The first-order chi connectivity index (χ1) is 22.4. The molecule has 1 aromatic heterocycles. The van der Waals surface area contributed by atoms with Gasteiger partial charge in [0.1, 0.15) is 6.10 Å². The number of thiazole rings is 1. The lowest BCUT2D eigenvalue weighted by Gasteiger charge is -2.31. The van der Waals surface area contributed by atoms with Crippen molar-refractivity contribution >= 4 is 46.3 Å². The molecule has 248 valence electrons. The molecule has 3 amide bonds. The van der Waals surface area contributed by atoms with Crippen LogP contribution in [0.5, 0.6) is 0 Å². The van der Waals surface area contributed by atoms with E-state index in [9.17, 15) is 14.4 Å². The fourth-order valence-corrected chi connectivity index (χ4v) is 6.03. The lowest BCUT2D eigenvalue weighted by atomic mass is 10.1. The van der Waals surface area contributed by atoms with Gasteiger partial charge in [0.05, 0.1) is 23.6 Å². The minimum Gasteiger partial charge on any atom is -0.446 e. The van der Waals surface area contributed by atoms with E-state index in [4.69, 9.17) is 14.2 Å². The van der Waals surface area contributed by atoms with E-state index >= 15 is 0 Å². The first-order valence-corrected chi connectivity index (χ1v) is 16.7. The topological polar surface area (TPSA) is 122 Å². The number of benzene rings is 1.